The van der Waals surface area contributed by atoms with Crippen molar-refractivity contribution < 1.29 is 14.7 Å². The van der Waals surface area contributed by atoms with E-state index < -0.39 is 0 Å². The van der Waals surface area contributed by atoms with Gasteiger partial charge >= 0.3 is 0 Å². The van der Waals surface area contributed by atoms with E-state index in [2.05, 4.69) is 0 Å². The van der Waals surface area contributed by atoms with E-state index in [0.29, 0.717) is 24.3 Å². The summed E-state index contributed by atoms with van der Waals surface area (Å²) in [7, 11) is 1.75. The Hall–Kier alpha value is -1.88. The number of carbonyl (C=O) groups excluding carboxylic acids is 2. The van der Waals surface area contributed by atoms with Crippen LogP contribution in [0.1, 0.15) is 36.0 Å². The highest BCUT2D eigenvalue weighted by atomic mass is 16.3. The molecule has 1 atom stereocenters. The number of anilines is 1. The first-order valence-electron chi connectivity index (χ1n) is 8.38. The predicted octanol–water partition coefficient (Wildman–Crippen LogP) is 1.90. The summed E-state index contributed by atoms with van der Waals surface area (Å²) in [5.74, 6) is 0.328. The second-order valence-corrected chi connectivity index (χ2v) is 6.63. The summed E-state index contributed by atoms with van der Waals surface area (Å²) in [5, 5.41) is 9.35. The topological polar surface area (TPSA) is 60.9 Å². The lowest BCUT2D eigenvalue weighted by atomic mass is 9.98. The number of nitrogens with zero attached hydrogens (tertiary/aromatic N) is 2. The van der Waals surface area contributed by atoms with Crippen molar-refractivity contribution >= 4 is 17.5 Å². The first kappa shape index (κ1) is 16.0. The Labute approximate surface area is 136 Å². The first-order chi connectivity index (χ1) is 11.1. The Kier molecular flexibility index (Phi) is 4.66. The van der Waals surface area contributed by atoms with E-state index in [4.69, 9.17) is 0 Å². The third-order valence-electron chi connectivity index (χ3n) is 4.82. The monoisotopic (exact) mass is 316 g/mol. The second-order valence-electron chi connectivity index (χ2n) is 6.63. The van der Waals surface area contributed by atoms with E-state index in [-0.39, 0.29) is 30.3 Å². The van der Waals surface area contributed by atoms with E-state index in [1.807, 2.05) is 18.2 Å². The fourth-order valence-electron chi connectivity index (χ4n) is 3.24. The SMILES string of the molecule is CN(C(=O)C1CC1)c1ccccc1C(=O)N1CCCC(CO)C1. The van der Waals surface area contributed by atoms with Gasteiger partial charge in [-0.05, 0) is 43.7 Å². The molecule has 1 heterocycles. The molecule has 1 saturated carbocycles. The zero-order valence-corrected chi connectivity index (χ0v) is 13.6. The number of carbonyl (C=O) groups is 2. The normalized spacial score (nSPS) is 21.1. The molecule has 0 spiro atoms. The maximum atomic E-state index is 12.9. The molecule has 2 amide bonds. The van der Waals surface area contributed by atoms with Crippen LogP contribution in [0.3, 0.4) is 0 Å². The molecule has 2 fully saturated rings. The zero-order valence-electron chi connectivity index (χ0n) is 13.6. The number of benzene rings is 1. The number of hydrogen-bond acceptors (Lipinski definition) is 3. The molecule has 124 valence electrons. The van der Waals surface area contributed by atoms with Crippen LogP contribution in [0.5, 0.6) is 0 Å². The van der Waals surface area contributed by atoms with Gasteiger partial charge in [0.25, 0.3) is 5.91 Å². The maximum absolute atomic E-state index is 12.9. The second kappa shape index (κ2) is 6.71. The highest BCUT2D eigenvalue weighted by molar-refractivity contribution is 6.05. The van der Waals surface area contributed by atoms with Crippen LogP contribution in [0.4, 0.5) is 5.69 Å². The van der Waals surface area contributed by atoms with Gasteiger partial charge in [-0.3, -0.25) is 9.59 Å². The third-order valence-corrected chi connectivity index (χ3v) is 4.82. The highest BCUT2D eigenvalue weighted by Gasteiger charge is 2.34. The van der Waals surface area contributed by atoms with Crippen molar-refractivity contribution in [1.29, 1.82) is 0 Å². The highest BCUT2D eigenvalue weighted by Crippen LogP contribution is 2.33. The van der Waals surface area contributed by atoms with Crippen LogP contribution in [0.15, 0.2) is 24.3 Å². The number of rotatable bonds is 4. The Morgan fingerprint density at radius 2 is 2.00 bits per heavy atom. The minimum Gasteiger partial charge on any atom is -0.396 e. The molecule has 1 aromatic rings. The zero-order chi connectivity index (χ0) is 16.4. The molecule has 0 radical (unpaired) electrons. The average Bonchev–Trinajstić information content (AvgIpc) is 3.45. The van der Waals surface area contributed by atoms with Crippen LogP contribution in [0.2, 0.25) is 0 Å². The molecule has 0 aromatic heterocycles. The smallest absolute Gasteiger partial charge is 0.255 e. The molecule has 23 heavy (non-hydrogen) atoms. The number of aliphatic hydroxyl groups is 1. The standard InChI is InChI=1S/C18H24N2O3/c1-19(17(22)14-8-9-14)16-7-3-2-6-15(16)18(23)20-10-4-5-13(11-20)12-21/h2-3,6-7,13-14,21H,4-5,8-12H2,1H3. The maximum Gasteiger partial charge on any atom is 0.255 e. The predicted molar refractivity (Wildman–Crippen MR) is 88.3 cm³/mol. The number of piperidine rings is 1. The van der Waals surface area contributed by atoms with Gasteiger partial charge in [0.2, 0.25) is 5.91 Å². The molecule has 1 unspecified atom stereocenters. The fraction of sp³-hybridized carbons (Fsp3) is 0.556. The number of hydrogen-bond donors (Lipinski definition) is 1. The molecular weight excluding hydrogens is 292 g/mol. The molecule has 0 bridgehead atoms. The van der Waals surface area contributed by atoms with Crippen molar-refractivity contribution in [3.8, 4) is 0 Å². The first-order valence-corrected chi connectivity index (χ1v) is 8.38. The molecule has 1 aliphatic heterocycles. The van der Waals surface area contributed by atoms with Crippen molar-refractivity contribution in [3.63, 3.8) is 0 Å². The Morgan fingerprint density at radius 3 is 2.70 bits per heavy atom. The van der Waals surface area contributed by atoms with Gasteiger partial charge < -0.3 is 14.9 Å². The van der Waals surface area contributed by atoms with Crippen LogP contribution in [-0.2, 0) is 4.79 Å². The van der Waals surface area contributed by atoms with Crippen LogP contribution in [0, 0.1) is 11.8 Å². The van der Waals surface area contributed by atoms with Gasteiger partial charge in [-0.15, -0.1) is 0 Å². The summed E-state index contributed by atoms with van der Waals surface area (Å²) in [6.07, 6.45) is 3.77. The average molecular weight is 316 g/mol. The molecule has 1 saturated heterocycles. The summed E-state index contributed by atoms with van der Waals surface area (Å²) in [4.78, 5) is 28.7. The molecule has 2 aliphatic rings. The van der Waals surface area contributed by atoms with E-state index in [0.717, 1.165) is 25.7 Å². The molecule has 1 aromatic carbocycles. The van der Waals surface area contributed by atoms with Crippen molar-refractivity contribution in [1.82, 2.24) is 4.90 Å². The molecule has 3 rings (SSSR count). The van der Waals surface area contributed by atoms with Gasteiger partial charge in [0.1, 0.15) is 0 Å². The summed E-state index contributed by atoms with van der Waals surface area (Å²) in [6.45, 7) is 1.42. The van der Waals surface area contributed by atoms with Crippen molar-refractivity contribution in [3.05, 3.63) is 29.8 Å². The lowest BCUT2D eigenvalue weighted by Gasteiger charge is -2.33. The summed E-state index contributed by atoms with van der Waals surface area (Å²) in [5.41, 5.74) is 1.25. The van der Waals surface area contributed by atoms with Gasteiger partial charge in [0.15, 0.2) is 0 Å². The van der Waals surface area contributed by atoms with Crippen LogP contribution in [0.25, 0.3) is 0 Å². The van der Waals surface area contributed by atoms with Crippen LogP contribution >= 0.6 is 0 Å². The summed E-state index contributed by atoms with van der Waals surface area (Å²) < 4.78 is 0. The van der Waals surface area contributed by atoms with Crippen molar-refractivity contribution in [2.45, 2.75) is 25.7 Å². The molecular formula is C18H24N2O3. The van der Waals surface area contributed by atoms with Crippen LogP contribution in [-0.4, -0.2) is 48.6 Å². The number of amides is 2. The Morgan fingerprint density at radius 1 is 1.26 bits per heavy atom. The van der Waals surface area contributed by atoms with Gasteiger partial charge in [-0.25, -0.2) is 0 Å². The summed E-state index contributed by atoms with van der Waals surface area (Å²) in [6, 6.07) is 7.31. The molecule has 5 heteroatoms. The van der Waals surface area contributed by atoms with Crippen molar-refractivity contribution in [2.75, 3.05) is 31.6 Å². The van der Waals surface area contributed by atoms with E-state index in [1.54, 1.807) is 22.9 Å². The van der Waals surface area contributed by atoms with E-state index in [1.165, 1.54) is 0 Å². The minimum atomic E-state index is -0.0470. The Balaban J connectivity index is 1.81. The van der Waals surface area contributed by atoms with Gasteiger partial charge in [-0.1, -0.05) is 12.1 Å². The van der Waals surface area contributed by atoms with Gasteiger partial charge in [-0.2, -0.15) is 0 Å². The fourth-order valence-corrected chi connectivity index (χ4v) is 3.24. The lowest BCUT2D eigenvalue weighted by molar-refractivity contribution is -0.119. The number of para-hydroxylation sites is 1. The van der Waals surface area contributed by atoms with E-state index in [9.17, 15) is 14.7 Å². The van der Waals surface area contributed by atoms with Crippen molar-refractivity contribution in [2.24, 2.45) is 11.8 Å². The largest absolute Gasteiger partial charge is 0.396 e. The minimum absolute atomic E-state index is 0.0470. The number of aliphatic hydroxyl groups excluding tert-OH is 1. The third kappa shape index (κ3) is 3.39. The molecule has 5 nitrogen and oxygen atoms in total. The number of likely N-dealkylation sites (tertiary alicyclic amines) is 1. The molecule has 1 N–H and O–H groups in total. The van der Waals surface area contributed by atoms with Gasteiger partial charge in [0.05, 0.1) is 11.3 Å². The summed E-state index contributed by atoms with van der Waals surface area (Å²) >= 11 is 0. The van der Waals surface area contributed by atoms with E-state index >= 15 is 0 Å². The Bertz CT molecular complexity index is 598. The van der Waals surface area contributed by atoms with Crippen LogP contribution < -0.4 is 4.90 Å². The molecule has 1 aliphatic carbocycles. The van der Waals surface area contributed by atoms with Gasteiger partial charge in [0, 0.05) is 32.7 Å². The lowest BCUT2D eigenvalue weighted by Crippen LogP contribution is -2.41. The quantitative estimate of drug-likeness (QED) is 0.923.